The fourth-order valence-electron chi connectivity index (χ4n) is 2.22. The summed E-state index contributed by atoms with van der Waals surface area (Å²) in [4.78, 5) is 12.2. The average Bonchev–Trinajstić information content (AvgIpc) is 2.62. The maximum Gasteiger partial charge on any atom is 0.261 e. The van der Waals surface area contributed by atoms with E-state index in [1.54, 1.807) is 12.1 Å². The van der Waals surface area contributed by atoms with Gasteiger partial charge >= 0.3 is 0 Å². The van der Waals surface area contributed by atoms with Crippen LogP contribution in [0.25, 0.3) is 6.08 Å². The van der Waals surface area contributed by atoms with Gasteiger partial charge in [0.15, 0.2) is 11.5 Å². The number of carbonyl (C=O) groups is 1. The number of amides is 1. The number of nitrogens with one attached hydrogen (secondary N) is 1. The van der Waals surface area contributed by atoms with Crippen LogP contribution in [0.4, 0.5) is 0 Å². The number of methoxy groups -OCH3 is 1. The highest BCUT2D eigenvalue weighted by atomic mass is 79.9. The molecular weight excluding hydrogens is 384 g/mol. The first-order valence-electron chi connectivity index (χ1n) is 7.55. The van der Waals surface area contributed by atoms with Crippen molar-refractivity contribution in [3.63, 3.8) is 0 Å². The largest absolute Gasteiger partial charge is 0.504 e. The SMILES string of the molecule is COc1cc(Br)cc(/C=C(\C#N)C(=O)NCCc2ccccc2)c1O. The van der Waals surface area contributed by atoms with Gasteiger partial charge in [0, 0.05) is 16.6 Å². The second-order valence-electron chi connectivity index (χ2n) is 5.21. The van der Waals surface area contributed by atoms with E-state index in [4.69, 9.17) is 4.74 Å². The molecule has 0 bridgehead atoms. The Balaban J connectivity index is 2.11. The van der Waals surface area contributed by atoms with E-state index in [1.165, 1.54) is 13.2 Å². The van der Waals surface area contributed by atoms with Crippen molar-refractivity contribution in [1.82, 2.24) is 5.32 Å². The number of hydrogen-bond acceptors (Lipinski definition) is 4. The second kappa shape index (κ2) is 8.90. The molecule has 2 N–H and O–H groups in total. The molecule has 5 nitrogen and oxygen atoms in total. The van der Waals surface area contributed by atoms with E-state index in [1.807, 2.05) is 36.4 Å². The van der Waals surface area contributed by atoms with Gasteiger partial charge in [0.2, 0.25) is 0 Å². The number of aromatic hydroxyl groups is 1. The van der Waals surface area contributed by atoms with E-state index in [2.05, 4.69) is 21.2 Å². The molecule has 0 saturated heterocycles. The molecule has 0 aliphatic carbocycles. The van der Waals surface area contributed by atoms with Crippen molar-refractivity contribution < 1.29 is 14.6 Å². The first kappa shape index (κ1) is 18.6. The fraction of sp³-hybridized carbons (Fsp3) is 0.158. The van der Waals surface area contributed by atoms with Gasteiger partial charge in [-0.15, -0.1) is 0 Å². The third kappa shape index (κ3) is 5.10. The molecular formula is C19H17BrN2O3. The Morgan fingerprint density at radius 3 is 2.72 bits per heavy atom. The van der Waals surface area contributed by atoms with E-state index in [0.29, 0.717) is 23.0 Å². The molecule has 2 aromatic carbocycles. The van der Waals surface area contributed by atoms with Crippen LogP contribution in [0, 0.1) is 11.3 Å². The van der Waals surface area contributed by atoms with Gasteiger partial charge in [0.05, 0.1) is 7.11 Å². The molecule has 2 aromatic rings. The molecule has 6 heteroatoms. The lowest BCUT2D eigenvalue weighted by atomic mass is 10.1. The van der Waals surface area contributed by atoms with Crippen LogP contribution < -0.4 is 10.1 Å². The minimum atomic E-state index is -0.489. The van der Waals surface area contributed by atoms with Crippen molar-refractivity contribution in [2.75, 3.05) is 13.7 Å². The number of carbonyl (C=O) groups excluding carboxylic acids is 1. The Labute approximate surface area is 154 Å². The average molecular weight is 401 g/mol. The number of phenolic OH excluding ortho intramolecular Hbond substituents is 1. The van der Waals surface area contributed by atoms with Crippen molar-refractivity contribution in [3.05, 3.63) is 63.6 Å². The van der Waals surface area contributed by atoms with Crippen molar-refractivity contribution in [1.29, 1.82) is 5.26 Å². The van der Waals surface area contributed by atoms with Gasteiger partial charge in [-0.1, -0.05) is 46.3 Å². The highest BCUT2D eigenvalue weighted by Gasteiger charge is 2.13. The molecule has 0 unspecified atom stereocenters. The van der Waals surface area contributed by atoms with Gasteiger partial charge in [0.25, 0.3) is 5.91 Å². The number of halogens is 1. The highest BCUT2D eigenvalue weighted by molar-refractivity contribution is 9.10. The number of nitriles is 1. The molecule has 1 amide bonds. The smallest absolute Gasteiger partial charge is 0.261 e. The number of rotatable bonds is 6. The van der Waals surface area contributed by atoms with Gasteiger partial charge in [-0.2, -0.15) is 5.26 Å². The minimum Gasteiger partial charge on any atom is -0.504 e. The Bertz CT molecular complexity index is 827. The van der Waals surface area contributed by atoms with Crippen LogP contribution in [0.3, 0.4) is 0 Å². The number of hydrogen-bond donors (Lipinski definition) is 2. The quantitative estimate of drug-likeness (QED) is 0.574. The lowest BCUT2D eigenvalue weighted by Crippen LogP contribution is -2.26. The molecule has 0 aliphatic rings. The van der Waals surface area contributed by atoms with E-state index >= 15 is 0 Å². The Morgan fingerprint density at radius 1 is 1.36 bits per heavy atom. The standard InChI is InChI=1S/C19H17BrN2O3/c1-25-17-11-16(20)10-14(18(17)23)9-15(12-21)19(24)22-8-7-13-5-3-2-4-6-13/h2-6,9-11,23H,7-8H2,1H3,(H,22,24)/b15-9+. The summed E-state index contributed by atoms with van der Waals surface area (Å²) in [5.41, 5.74) is 1.32. The molecule has 0 aliphatic heterocycles. The molecule has 2 rings (SSSR count). The van der Waals surface area contributed by atoms with E-state index in [9.17, 15) is 15.2 Å². The van der Waals surface area contributed by atoms with E-state index in [0.717, 1.165) is 5.56 Å². The van der Waals surface area contributed by atoms with Crippen molar-refractivity contribution in [2.45, 2.75) is 6.42 Å². The van der Waals surface area contributed by atoms with Gasteiger partial charge in [-0.3, -0.25) is 4.79 Å². The molecule has 0 spiro atoms. The molecule has 0 heterocycles. The first-order valence-corrected chi connectivity index (χ1v) is 8.35. The van der Waals surface area contributed by atoms with Crippen LogP contribution in [0.1, 0.15) is 11.1 Å². The summed E-state index contributed by atoms with van der Waals surface area (Å²) in [6, 6.07) is 14.8. The molecule has 25 heavy (non-hydrogen) atoms. The Morgan fingerprint density at radius 2 is 2.08 bits per heavy atom. The summed E-state index contributed by atoms with van der Waals surface area (Å²) < 4.78 is 5.73. The van der Waals surface area contributed by atoms with E-state index < -0.39 is 5.91 Å². The molecule has 0 saturated carbocycles. The van der Waals surface area contributed by atoms with Crippen LogP contribution in [-0.4, -0.2) is 24.7 Å². The molecule has 0 aromatic heterocycles. The number of nitrogens with zero attached hydrogens (tertiary/aromatic N) is 1. The fourth-order valence-corrected chi connectivity index (χ4v) is 2.68. The zero-order valence-electron chi connectivity index (χ0n) is 13.6. The summed E-state index contributed by atoms with van der Waals surface area (Å²) in [6.07, 6.45) is 2.00. The topological polar surface area (TPSA) is 82.3 Å². The summed E-state index contributed by atoms with van der Waals surface area (Å²) in [6.45, 7) is 0.412. The van der Waals surface area contributed by atoms with Crippen molar-refractivity contribution in [3.8, 4) is 17.6 Å². The highest BCUT2D eigenvalue weighted by Crippen LogP contribution is 2.34. The summed E-state index contributed by atoms with van der Waals surface area (Å²) in [7, 11) is 1.43. The van der Waals surface area contributed by atoms with Crippen LogP contribution in [0.5, 0.6) is 11.5 Å². The van der Waals surface area contributed by atoms with Crippen molar-refractivity contribution in [2.24, 2.45) is 0 Å². The molecule has 0 atom stereocenters. The molecule has 128 valence electrons. The van der Waals surface area contributed by atoms with Gasteiger partial charge in [0.1, 0.15) is 11.6 Å². The summed E-state index contributed by atoms with van der Waals surface area (Å²) in [5.74, 6) is -0.366. The minimum absolute atomic E-state index is 0.0940. The first-order chi connectivity index (χ1) is 12.0. The predicted octanol–water partition coefficient (Wildman–Crippen LogP) is 3.43. The normalized spacial score (nSPS) is 10.8. The molecule has 0 fully saturated rings. The lowest BCUT2D eigenvalue weighted by molar-refractivity contribution is -0.117. The Kier molecular flexibility index (Phi) is 6.61. The van der Waals surface area contributed by atoms with Crippen LogP contribution in [-0.2, 0) is 11.2 Å². The number of phenols is 1. The van der Waals surface area contributed by atoms with E-state index in [-0.39, 0.29) is 17.1 Å². The third-order valence-electron chi connectivity index (χ3n) is 3.50. The molecule has 0 radical (unpaired) electrons. The number of ether oxygens (including phenoxy) is 1. The van der Waals surface area contributed by atoms with Gasteiger partial charge < -0.3 is 15.2 Å². The second-order valence-corrected chi connectivity index (χ2v) is 6.12. The summed E-state index contributed by atoms with van der Waals surface area (Å²) in [5, 5.41) is 22.1. The zero-order valence-corrected chi connectivity index (χ0v) is 15.2. The van der Waals surface area contributed by atoms with Crippen molar-refractivity contribution >= 4 is 27.9 Å². The Hall–Kier alpha value is -2.78. The van der Waals surface area contributed by atoms with Crippen LogP contribution in [0.15, 0.2) is 52.5 Å². The number of benzene rings is 2. The maximum absolute atomic E-state index is 12.2. The van der Waals surface area contributed by atoms with Crippen LogP contribution >= 0.6 is 15.9 Å². The van der Waals surface area contributed by atoms with Crippen LogP contribution in [0.2, 0.25) is 0 Å². The van der Waals surface area contributed by atoms with Gasteiger partial charge in [-0.05, 0) is 30.2 Å². The van der Waals surface area contributed by atoms with Gasteiger partial charge in [-0.25, -0.2) is 0 Å². The monoisotopic (exact) mass is 400 g/mol. The maximum atomic E-state index is 12.2. The third-order valence-corrected chi connectivity index (χ3v) is 3.95. The predicted molar refractivity (Wildman–Crippen MR) is 99.1 cm³/mol. The zero-order chi connectivity index (χ0) is 18.2. The lowest BCUT2D eigenvalue weighted by Gasteiger charge is -2.08. The summed E-state index contributed by atoms with van der Waals surface area (Å²) >= 11 is 3.30.